The quantitative estimate of drug-likeness (QED) is 0.0634. The van der Waals surface area contributed by atoms with Crippen molar-refractivity contribution in [2.45, 2.75) is 200 Å². The van der Waals surface area contributed by atoms with Crippen molar-refractivity contribution in [3.8, 4) is 35.1 Å². The summed E-state index contributed by atoms with van der Waals surface area (Å²) < 4.78 is 24.0. The standard InChI is InChI=1S/C49H78N2O4/c1-3-5-7-9-11-13-15-17-19-21-23-25-28-32-52-46-36-44(42-50)38-48(40-46)54-34-30-27-31-35-55-49-39-45(43-51)37-47(41-49)53-33-29-26-24-22-20-18-16-14-12-10-8-6-4-2/h36-41H,3-35H2,1-2H3. The van der Waals surface area contributed by atoms with Gasteiger partial charge < -0.3 is 18.9 Å². The topological polar surface area (TPSA) is 84.5 Å². The summed E-state index contributed by atoms with van der Waals surface area (Å²) in [6, 6.07) is 15.4. The molecule has 2 rings (SSSR count). The van der Waals surface area contributed by atoms with Crippen LogP contribution in [0.25, 0.3) is 0 Å². The minimum atomic E-state index is 0.554. The van der Waals surface area contributed by atoms with Crippen LogP contribution in [0.1, 0.15) is 211 Å². The van der Waals surface area contributed by atoms with Gasteiger partial charge in [-0.1, -0.05) is 168 Å². The van der Waals surface area contributed by atoms with Gasteiger partial charge in [0.05, 0.1) is 49.7 Å². The molecule has 6 nitrogen and oxygen atoms in total. The lowest BCUT2D eigenvalue weighted by Gasteiger charge is -2.12. The number of unbranched alkanes of at least 4 members (excludes halogenated alkanes) is 26. The Bertz CT molecular complexity index is 1190. The molecule has 6 heteroatoms. The number of hydrogen-bond donors (Lipinski definition) is 0. The zero-order valence-electron chi connectivity index (χ0n) is 35.3. The number of benzene rings is 2. The molecule has 0 aliphatic heterocycles. The van der Waals surface area contributed by atoms with Crippen LogP contribution in [0, 0.1) is 22.7 Å². The first kappa shape index (κ1) is 47.8. The maximum absolute atomic E-state index is 9.52. The van der Waals surface area contributed by atoms with Gasteiger partial charge in [-0.15, -0.1) is 0 Å². The van der Waals surface area contributed by atoms with E-state index in [9.17, 15) is 10.5 Å². The van der Waals surface area contributed by atoms with E-state index in [1.165, 1.54) is 154 Å². The van der Waals surface area contributed by atoms with Gasteiger partial charge in [-0.05, 0) is 56.4 Å². The van der Waals surface area contributed by atoms with Crippen LogP contribution in [0.4, 0.5) is 0 Å². The summed E-state index contributed by atoms with van der Waals surface area (Å²) in [4.78, 5) is 0. The first-order valence-electron chi connectivity index (χ1n) is 22.8. The van der Waals surface area contributed by atoms with Crippen LogP contribution in [-0.2, 0) is 0 Å². The molecule has 0 aliphatic carbocycles. The lowest BCUT2D eigenvalue weighted by Crippen LogP contribution is -2.03. The normalized spacial score (nSPS) is 10.9. The fourth-order valence-electron chi connectivity index (χ4n) is 6.99. The second-order valence-electron chi connectivity index (χ2n) is 15.5. The highest BCUT2D eigenvalue weighted by Gasteiger charge is 2.06. The molecule has 0 saturated heterocycles. The van der Waals surface area contributed by atoms with Crippen LogP contribution in [0.2, 0.25) is 0 Å². The van der Waals surface area contributed by atoms with E-state index in [0.717, 1.165) is 32.1 Å². The molecule has 0 atom stereocenters. The number of nitrogens with zero attached hydrogens (tertiary/aromatic N) is 2. The molecule has 0 aromatic heterocycles. The van der Waals surface area contributed by atoms with Crippen LogP contribution in [-0.4, -0.2) is 26.4 Å². The fraction of sp³-hybridized carbons (Fsp3) is 0.714. The molecule has 55 heavy (non-hydrogen) atoms. The molecule has 308 valence electrons. The molecular formula is C49H78N2O4. The molecule has 0 amide bonds. The SMILES string of the molecule is CCCCCCCCCCCCCCCOc1cc(C#N)cc(OCCCCCOc2cc(C#N)cc(OCCCCCCCCCCCCCCC)c2)c1. The fourth-order valence-corrected chi connectivity index (χ4v) is 6.99. The molecule has 0 heterocycles. The predicted octanol–water partition coefficient (Wildman–Crippen LogP) is 15.0. The van der Waals surface area contributed by atoms with Crippen LogP contribution in [0.15, 0.2) is 36.4 Å². The molecule has 0 aliphatic rings. The zero-order valence-corrected chi connectivity index (χ0v) is 35.3. The van der Waals surface area contributed by atoms with Crippen LogP contribution in [0.5, 0.6) is 23.0 Å². The minimum absolute atomic E-state index is 0.554. The number of rotatable bonds is 38. The molecule has 0 radical (unpaired) electrons. The van der Waals surface area contributed by atoms with E-state index in [0.29, 0.717) is 60.6 Å². The molecule has 0 fully saturated rings. The van der Waals surface area contributed by atoms with Gasteiger partial charge in [0, 0.05) is 12.1 Å². The van der Waals surface area contributed by atoms with E-state index < -0.39 is 0 Å². The lowest BCUT2D eigenvalue weighted by molar-refractivity contribution is 0.273. The molecule has 2 aromatic carbocycles. The number of hydrogen-bond acceptors (Lipinski definition) is 6. The van der Waals surface area contributed by atoms with Crippen LogP contribution in [0.3, 0.4) is 0 Å². The zero-order chi connectivity index (χ0) is 39.3. The van der Waals surface area contributed by atoms with E-state index in [2.05, 4.69) is 26.0 Å². The highest BCUT2D eigenvalue weighted by Crippen LogP contribution is 2.25. The van der Waals surface area contributed by atoms with Gasteiger partial charge in [-0.25, -0.2) is 0 Å². The van der Waals surface area contributed by atoms with Gasteiger partial charge in [0.1, 0.15) is 23.0 Å². The van der Waals surface area contributed by atoms with Crippen molar-refractivity contribution < 1.29 is 18.9 Å². The second-order valence-corrected chi connectivity index (χ2v) is 15.5. The molecule has 0 N–H and O–H groups in total. The monoisotopic (exact) mass is 759 g/mol. The largest absolute Gasteiger partial charge is 0.493 e. The molecule has 0 saturated carbocycles. The average Bonchev–Trinajstić information content (AvgIpc) is 3.20. The van der Waals surface area contributed by atoms with E-state index in [1.54, 1.807) is 24.3 Å². The third-order valence-corrected chi connectivity index (χ3v) is 10.4. The average molecular weight is 759 g/mol. The third-order valence-electron chi connectivity index (χ3n) is 10.4. The summed E-state index contributed by atoms with van der Waals surface area (Å²) in [5.41, 5.74) is 1.11. The van der Waals surface area contributed by atoms with Gasteiger partial charge >= 0.3 is 0 Å². The highest BCUT2D eigenvalue weighted by molar-refractivity contribution is 5.44. The van der Waals surface area contributed by atoms with E-state index in [4.69, 9.17) is 18.9 Å². The number of ether oxygens (including phenoxy) is 4. The van der Waals surface area contributed by atoms with Gasteiger partial charge in [-0.3, -0.25) is 0 Å². The molecule has 2 aromatic rings. The molecular weight excluding hydrogens is 681 g/mol. The maximum Gasteiger partial charge on any atom is 0.124 e. The maximum atomic E-state index is 9.52. The highest BCUT2D eigenvalue weighted by atomic mass is 16.5. The Hall–Kier alpha value is -3.38. The third kappa shape index (κ3) is 27.0. The summed E-state index contributed by atoms with van der Waals surface area (Å²) in [5.74, 6) is 2.76. The van der Waals surface area contributed by atoms with E-state index >= 15 is 0 Å². The minimum Gasteiger partial charge on any atom is -0.493 e. The van der Waals surface area contributed by atoms with Gasteiger partial charge in [-0.2, -0.15) is 10.5 Å². The first-order chi connectivity index (χ1) is 27.2. The van der Waals surface area contributed by atoms with Crippen molar-refractivity contribution in [1.82, 2.24) is 0 Å². The first-order valence-corrected chi connectivity index (χ1v) is 22.8. The van der Waals surface area contributed by atoms with Crippen LogP contribution >= 0.6 is 0 Å². The Morgan fingerprint density at radius 2 is 0.509 bits per heavy atom. The van der Waals surface area contributed by atoms with Crippen molar-refractivity contribution >= 4 is 0 Å². The van der Waals surface area contributed by atoms with Crippen molar-refractivity contribution in [2.24, 2.45) is 0 Å². The van der Waals surface area contributed by atoms with E-state index in [1.807, 2.05) is 12.1 Å². The van der Waals surface area contributed by atoms with Gasteiger partial charge in [0.2, 0.25) is 0 Å². The molecule has 0 bridgehead atoms. The van der Waals surface area contributed by atoms with Gasteiger partial charge in [0.25, 0.3) is 0 Å². The van der Waals surface area contributed by atoms with Crippen molar-refractivity contribution in [3.63, 3.8) is 0 Å². The van der Waals surface area contributed by atoms with Crippen LogP contribution < -0.4 is 18.9 Å². The molecule has 0 unspecified atom stereocenters. The number of nitriles is 2. The Morgan fingerprint density at radius 1 is 0.309 bits per heavy atom. The summed E-state index contributed by atoms with van der Waals surface area (Å²) >= 11 is 0. The molecule has 0 spiro atoms. The summed E-state index contributed by atoms with van der Waals surface area (Å²) in [6.07, 6.45) is 37.2. The Balaban J connectivity index is 1.52. The van der Waals surface area contributed by atoms with Crippen molar-refractivity contribution in [3.05, 3.63) is 47.5 Å². The smallest absolute Gasteiger partial charge is 0.124 e. The summed E-state index contributed by atoms with van der Waals surface area (Å²) in [5, 5.41) is 19.0. The summed E-state index contributed by atoms with van der Waals surface area (Å²) in [7, 11) is 0. The summed E-state index contributed by atoms with van der Waals surface area (Å²) in [6.45, 7) is 7.01. The Kier molecular flexibility index (Phi) is 30.5. The second kappa shape index (κ2) is 35.1. The Morgan fingerprint density at radius 3 is 0.727 bits per heavy atom. The van der Waals surface area contributed by atoms with Crippen molar-refractivity contribution in [1.29, 1.82) is 10.5 Å². The lowest BCUT2D eigenvalue weighted by atomic mass is 10.0. The van der Waals surface area contributed by atoms with E-state index in [-0.39, 0.29) is 0 Å². The van der Waals surface area contributed by atoms with Gasteiger partial charge in [0.15, 0.2) is 0 Å². The van der Waals surface area contributed by atoms with Crippen molar-refractivity contribution in [2.75, 3.05) is 26.4 Å². The Labute approximate surface area is 337 Å². The predicted molar refractivity (Wildman–Crippen MR) is 230 cm³/mol.